The number of halogens is 2. The number of benzene rings is 1. The van der Waals surface area contributed by atoms with Crippen LogP contribution in [0.2, 0.25) is 0 Å². The summed E-state index contributed by atoms with van der Waals surface area (Å²) in [7, 11) is 0. The van der Waals surface area contributed by atoms with E-state index in [0.717, 1.165) is 36.6 Å². The molecule has 1 saturated heterocycles. The van der Waals surface area contributed by atoms with Gasteiger partial charge in [0.25, 0.3) is 0 Å². The molecule has 0 unspecified atom stereocenters. The average Bonchev–Trinajstić information content (AvgIpc) is 2.91. The molecule has 3 rings (SSSR count). The zero-order valence-corrected chi connectivity index (χ0v) is 15.3. The van der Waals surface area contributed by atoms with Gasteiger partial charge in [-0.1, -0.05) is 23.5 Å². The molecule has 0 saturated carbocycles. The van der Waals surface area contributed by atoms with E-state index in [4.69, 9.17) is 5.73 Å². The van der Waals surface area contributed by atoms with E-state index in [2.05, 4.69) is 21.3 Å². The third-order valence-electron chi connectivity index (χ3n) is 3.81. The number of anilines is 1. The van der Waals surface area contributed by atoms with Crippen LogP contribution in [0.5, 0.6) is 0 Å². The second-order valence-electron chi connectivity index (χ2n) is 5.52. The molecule has 23 heavy (non-hydrogen) atoms. The highest BCUT2D eigenvalue weighted by molar-refractivity contribution is 7.22. The van der Waals surface area contributed by atoms with Gasteiger partial charge in [0.15, 0.2) is 5.13 Å². The molecular weight excluding hydrogens is 355 g/mol. The Morgan fingerprint density at radius 2 is 2.00 bits per heavy atom. The molecule has 1 atom stereocenters. The number of nitrogens with zero attached hydrogens (tertiary/aromatic N) is 2. The number of carbonyl (C=O) groups is 1. The summed E-state index contributed by atoms with van der Waals surface area (Å²) < 4.78 is 1.22. The predicted octanol–water partition coefficient (Wildman–Crippen LogP) is 2.57. The Hall–Kier alpha value is -1.08. The SMILES string of the molecule is C[C@@H](N)C(=O)NC1CCN(c2nc3ccccc3s2)CC1.Cl.Cl. The van der Waals surface area contributed by atoms with Crippen molar-refractivity contribution in [3.05, 3.63) is 24.3 Å². The van der Waals surface area contributed by atoms with Gasteiger partial charge in [-0.05, 0) is 31.9 Å². The highest BCUT2D eigenvalue weighted by Crippen LogP contribution is 2.30. The molecule has 1 fully saturated rings. The maximum absolute atomic E-state index is 11.6. The molecule has 0 aliphatic carbocycles. The molecular formula is C15H22Cl2N4OS. The molecule has 0 radical (unpaired) electrons. The Kier molecular flexibility index (Phi) is 7.54. The molecule has 0 bridgehead atoms. The number of amides is 1. The molecule has 128 valence electrons. The monoisotopic (exact) mass is 376 g/mol. The van der Waals surface area contributed by atoms with Crippen LogP contribution in [-0.4, -0.2) is 36.1 Å². The van der Waals surface area contributed by atoms with Crippen molar-refractivity contribution in [1.29, 1.82) is 0 Å². The van der Waals surface area contributed by atoms with Gasteiger partial charge in [0.2, 0.25) is 5.91 Å². The van der Waals surface area contributed by atoms with Gasteiger partial charge in [-0.15, -0.1) is 24.8 Å². The summed E-state index contributed by atoms with van der Waals surface area (Å²) in [6, 6.07) is 8.00. The summed E-state index contributed by atoms with van der Waals surface area (Å²) in [5.74, 6) is -0.0616. The van der Waals surface area contributed by atoms with Crippen LogP contribution in [0.15, 0.2) is 24.3 Å². The van der Waals surface area contributed by atoms with Crippen molar-refractivity contribution in [2.24, 2.45) is 5.73 Å². The summed E-state index contributed by atoms with van der Waals surface area (Å²) in [6.07, 6.45) is 1.88. The van der Waals surface area contributed by atoms with Gasteiger partial charge in [0.1, 0.15) is 0 Å². The van der Waals surface area contributed by atoms with E-state index in [1.807, 2.05) is 18.2 Å². The first kappa shape index (κ1) is 20.0. The van der Waals surface area contributed by atoms with E-state index in [1.54, 1.807) is 18.3 Å². The van der Waals surface area contributed by atoms with Gasteiger partial charge in [0, 0.05) is 19.1 Å². The number of aromatic nitrogens is 1. The number of thiazole rings is 1. The second kappa shape index (κ2) is 8.68. The molecule has 1 aliphatic heterocycles. The smallest absolute Gasteiger partial charge is 0.236 e. The summed E-state index contributed by atoms with van der Waals surface area (Å²) in [5.41, 5.74) is 6.64. The van der Waals surface area contributed by atoms with E-state index in [-0.39, 0.29) is 36.8 Å². The van der Waals surface area contributed by atoms with E-state index < -0.39 is 6.04 Å². The largest absolute Gasteiger partial charge is 0.352 e. The molecule has 1 amide bonds. The standard InChI is InChI=1S/C15H20N4OS.2ClH/c1-10(16)14(20)17-11-6-8-19(9-7-11)15-18-12-4-2-3-5-13(12)21-15;;/h2-5,10-11H,6-9,16H2,1H3,(H,17,20);2*1H/t10-;;/m1../s1. The zero-order valence-electron chi connectivity index (χ0n) is 12.9. The first-order chi connectivity index (χ1) is 10.1. The number of hydrogen-bond acceptors (Lipinski definition) is 5. The summed E-state index contributed by atoms with van der Waals surface area (Å²) >= 11 is 1.73. The van der Waals surface area contributed by atoms with Crippen molar-refractivity contribution in [2.75, 3.05) is 18.0 Å². The lowest BCUT2D eigenvalue weighted by molar-refractivity contribution is -0.122. The molecule has 1 aromatic carbocycles. The number of piperidine rings is 1. The Morgan fingerprint density at radius 3 is 2.61 bits per heavy atom. The van der Waals surface area contributed by atoms with Crippen LogP contribution in [0.3, 0.4) is 0 Å². The predicted molar refractivity (Wildman–Crippen MR) is 101 cm³/mol. The topological polar surface area (TPSA) is 71.2 Å². The number of hydrogen-bond donors (Lipinski definition) is 2. The van der Waals surface area contributed by atoms with Crippen molar-refractivity contribution < 1.29 is 4.79 Å². The fourth-order valence-electron chi connectivity index (χ4n) is 2.54. The van der Waals surface area contributed by atoms with E-state index >= 15 is 0 Å². The van der Waals surface area contributed by atoms with Crippen LogP contribution in [0.4, 0.5) is 5.13 Å². The van der Waals surface area contributed by atoms with Gasteiger partial charge in [-0.25, -0.2) is 4.98 Å². The van der Waals surface area contributed by atoms with E-state index in [9.17, 15) is 4.79 Å². The lowest BCUT2D eigenvalue weighted by Crippen LogP contribution is -2.48. The second-order valence-corrected chi connectivity index (χ2v) is 6.53. The summed E-state index contributed by atoms with van der Waals surface area (Å²) in [4.78, 5) is 18.6. The summed E-state index contributed by atoms with van der Waals surface area (Å²) in [5, 5.41) is 4.09. The highest BCUT2D eigenvalue weighted by Gasteiger charge is 2.23. The zero-order chi connectivity index (χ0) is 14.8. The molecule has 3 N–H and O–H groups in total. The third kappa shape index (κ3) is 4.70. The third-order valence-corrected chi connectivity index (χ3v) is 4.91. The molecule has 1 aliphatic rings. The molecule has 1 aromatic heterocycles. The minimum Gasteiger partial charge on any atom is -0.352 e. The van der Waals surface area contributed by atoms with Gasteiger partial charge in [0.05, 0.1) is 16.3 Å². The van der Waals surface area contributed by atoms with Crippen LogP contribution in [-0.2, 0) is 4.79 Å². The molecule has 0 spiro atoms. The minimum atomic E-state index is -0.438. The highest BCUT2D eigenvalue weighted by atomic mass is 35.5. The maximum Gasteiger partial charge on any atom is 0.236 e. The van der Waals surface area contributed by atoms with Crippen LogP contribution < -0.4 is 16.0 Å². The van der Waals surface area contributed by atoms with Crippen molar-refractivity contribution in [3.8, 4) is 0 Å². The molecule has 8 heteroatoms. The van der Waals surface area contributed by atoms with Gasteiger partial charge in [-0.3, -0.25) is 4.79 Å². The normalized spacial score (nSPS) is 16.3. The van der Waals surface area contributed by atoms with Crippen molar-refractivity contribution >= 4 is 57.4 Å². The maximum atomic E-state index is 11.6. The number of rotatable bonds is 3. The van der Waals surface area contributed by atoms with Crippen LogP contribution in [0.1, 0.15) is 19.8 Å². The molecule has 5 nitrogen and oxygen atoms in total. The number of carbonyl (C=O) groups excluding carboxylic acids is 1. The number of para-hydroxylation sites is 1. The van der Waals surface area contributed by atoms with Crippen molar-refractivity contribution in [2.45, 2.75) is 31.8 Å². The Balaban J connectivity index is 0.00000132. The molecule has 2 heterocycles. The quantitative estimate of drug-likeness (QED) is 0.863. The lowest BCUT2D eigenvalue weighted by Gasteiger charge is -2.32. The van der Waals surface area contributed by atoms with Gasteiger partial charge < -0.3 is 16.0 Å². The first-order valence-corrected chi connectivity index (χ1v) is 8.11. The van der Waals surface area contributed by atoms with Crippen LogP contribution in [0.25, 0.3) is 10.2 Å². The minimum absolute atomic E-state index is 0. The van der Waals surface area contributed by atoms with Crippen molar-refractivity contribution in [1.82, 2.24) is 10.3 Å². The number of nitrogens with two attached hydrogens (primary N) is 1. The van der Waals surface area contributed by atoms with Crippen LogP contribution in [0, 0.1) is 0 Å². The van der Waals surface area contributed by atoms with Crippen LogP contribution >= 0.6 is 36.2 Å². The van der Waals surface area contributed by atoms with Gasteiger partial charge >= 0.3 is 0 Å². The van der Waals surface area contributed by atoms with E-state index in [0.29, 0.717) is 0 Å². The fourth-order valence-corrected chi connectivity index (χ4v) is 3.56. The molecule has 2 aromatic rings. The Morgan fingerprint density at radius 1 is 1.35 bits per heavy atom. The number of fused-ring (bicyclic) bond motifs is 1. The van der Waals surface area contributed by atoms with Crippen molar-refractivity contribution in [3.63, 3.8) is 0 Å². The number of nitrogens with one attached hydrogen (secondary N) is 1. The lowest BCUT2D eigenvalue weighted by atomic mass is 10.1. The Bertz CT molecular complexity index is 608. The van der Waals surface area contributed by atoms with Gasteiger partial charge in [-0.2, -0.15) is 0 Å². The average molecular weight is 377 g/mol. The Labute approximate surface area is 152 Å². The first-order valence-electron chi connectivity index (χ1n) is 7.30. The fraction of sp³-hybridized carbons (Fsp3) is 0.467. The van der Waals surface area contributed by atoms with E-state index in [1.165, 1.54) is 4.70 Å². The summed E-state index contributed by atoms with van der Waals surface area (Å²) in [6.45, 7) is 3.55.